The molecule has 1 aromatic heterocycles. The minimum Gasteiger partial charge on any atom is -0.300 e. The molecule has 1 atom stereocenters. The summed E-state index contributed by atoms with van der Waals surface area (Å²) in [5.41, 5.74) is 0.679. The van der Waals surface area contributed by atoms with Gasteiger partial charge in [-0.25, -0.2) is 9.37 Å². The number of nitrogens with one attached hydrogen (secondary N) is 1. The van der Waals surface area contributed by atoms with E-state index in [9.17, 15) is 14.4 Å². The molecule has 2 aromatic rings. The van der Waals surface area contributed by atoms with Crippen LogP contribution in [0.3, 0.4) is 0 Å². The summed E-state index contributed by atoms with van der Waals surface area (Å²) in [5.74, 6) is 0.298. The Bertz CT molecular complexity index is 905. The van der Waals surface area contributed by atoms with E-state index in [1.54, 1.807) is 18.4 Å². The lowest BCUT2D eigenvalue weighted by Crippen LogP contribution is -2.33. The molecule has 1 N–H and O–H groups in total. The van der Waals surface area contributed by atoms with Gasteiger partial charge in [0, 0.05) is 24.2 Å². The van der Waals surface area contributed by atoms with Crippen molar-refractivity contribution < 1.29 is 4.39 Å². The number of rotatable bonds is 4. The zero-order valence-electron chi connectivity index (χ0n) is 14.9. The van der Waals surface area contributed by atoms with E-state index in [4.69, 9.17) is 0 Å². The largest absolute Gasteiger partial charge is 0.300 e. The highest BCUT2D eigenvalue weighted by Gasteiger charge is 2.19. The molecule has 7 heteroatoms. The van der Waals surface area contributed by atoms with Crippen LogP contribution in [0.5, 0.6) is 0 Å². The lowest BCUT2D eigenvalue weighted by molar-refractivity contribution is 0.175. The highest BCUT2D eigenvalue weighted by atomic mass is 32.2. The molecule has 5 nitrogen and oxygen atoms in total. The molecule has 1 unspecified atom stereocenters. The highest BCUT2D eigenvalue weighted by Crippen LogP contribution is 2.25. The van der Waals surface area contributed by atoms with Gasteiger partial charge in [0.15, 0.2) is 5.16 Å². The highest BCUT2D eigenvalue weighted by molar-refractivity contribution is 7.98. The van der Waals surface area contributed by atoms with Crippen LogP contribution < -0.4 is 5.56 Å². The maximum absolute atomic E-state index is 14.7. The Morgan fingerprint density at radius 1 is 1.50 bits per heavy atom. The van der Waals surface area contributed by atoms with E-state index in [1.807, 2.05) is 6.07 Å². The van der Waals surface area contributed by atoms with Crippen LogP contribution in [0.25, 0.3) is 11.3 Å². The summed E-state index contributed by atoms with van der Waals surface area (Å²) in [6.07, 6.45) is 4.14. The second kappa shape index (κ2) is 8.02. The number of benzene rings is 1. The lowest BCUT2D eigenvalue weighted by Gasteiger charge is -2.30. The third kappa shape index (κ3) is 3.97. The number of aromatic nitrogens is 2. The minimum atomic E-state index is -0.506. The summed E-state index contributed by atoms with van der Waals surface area (Å²) in [6, 6.07) is 6.71. The Labute approximate surface area is 156 Å². The van der Waals surface area contributed by atoms with Crippen LogP contribution in [-0.2, 0) is 6.54 Å². The first-order valence-electron chi connectivity index (χ1n) is 8.61. The molecular formula is C19H21FN4OS. The molecule has 0 saturated carbocycles. The molecule has 136 valence electrons. The van der Waals surface area contributed by atoms with Crippen LogP contribution in [0, 0.1) is 23.1 Å². The second-order valence-electron chi connectivity index (χ2n) is 6.70. The standard InChI is InChI=1S/C19H21FN4OS/c1-12-4-3-7-24(10-12)11-14-6-5-13(8-16(14)20)17-15(9-21)18(25)23-19(22-17)26-2/h5-6,8,12H,3-4,7,10-11H2,1-2H3,(H,22,23,25). The number of nitrogens with zero attached hydrogens (tertiary/aromatic N) is 3. The molecule has 1 aliphatic heterocycles. The molecule has 1 fully saturated rings. The fraction of sp³-hybridized carbons (Fsp3) is 0.421. The molecule has 1 saturated heterocycles. The monoisotopic (exact) mass is 372 g/mol. The number of thioether (sulfide) groups is 1. The molecular weight excluding hydrogens is 351 g/mol. The average Bonchev–Trinajstić information content (AvgIpc) is 2.62. The molecule has 0 radical (unpaired) electrons. The van der Waals surface area contributed by atoms with E-state index in [1.165, 1.54) is 24.2 Å². The number of halogens is 1. The van der Waals surface area contributed by atoms with E-state index in [2.05, 4.69) is 21.8 Å². The smallest absolute Gasteiger partial charge is 0.270 e. The Morgan fingerprint density at radius 3 is 2.96 bits per heavy atom. The molecule has 0 bridgehead atoms. The Balaban J connectivity index is 1.92. The predicted octanol–water partition coefficient (Wildman–Crippen LogP) is 3.40. The summed E-state index contributed by atoms with van der Waals surface area (Å²) in [7, 11) is 0. The fourth-order valence-corrected chi connectivity index (χ4v) is 3.73. The fourth-order valence-electron chi connectivity index (χ4n) is 3.36. The van der Waals surface area contributed by atoms with Gasteiger partial charge in [-0.3, -0.25) is 9.69 Å². The molecule has 0 spiro atoms. The number of aromatic amines is 1. The molecule has 1 aliphatic rings. The van der Waals surface area contributed by atoms with Crippen molar-refractivity contribution in [1.82, 2.24) is 14.9 Å². The first kappa shape index (κ1) is 18.6. The van der Waals surface area contributed by atoms with Crippen molar-refractivity contribution in [2.24, 2.45) is 5.92 Å². The number of H-pyrrole nitrogens is 1. The van der Waals surface area contributed by atoms with Crippen molar-refractivity contribution in [3.05, 3.63) is 45.5 Å². The average molecular weight is 372 g/mol. The van der Waals surface area contributed by atoms with Crippen LogP contribution in [0.4, 0.5) is 4.39 Å². The topological polar surface area (TPSA) is 72.8 Å². The number of hydrogen-bond donors (Lipinski definition) is 1. The molecule has 0 aliphatic carbocycles. The van der Waals surface area contributed by atoms with Gasteiger partial charge in [0.25, 0.3) is 5.56 Å². The van der Waals surface area contributed by atoms with Gasteiger partial charge in [0.2, 0.25) is 0 Å². The lowest BCUT2D eigenvalue weighted by atomic mass is 9.99. The Hall–Kier alpha value is -2.17. The normalized spacial score (nSPS) is 17.8. The van der Waals surface area contributed by atoms with Gasteiger partial charge >= 0.3 is 0 Å². The van der Waals surface area contributed by atoms with Crippen molar-refractivity contribution >= 4 is 11.8 Å². The van der Waals surface area contributed by atoms with Crippen LogP contribution in [0.1, 0.15) is 30.9 Å². The summed E-state index contributed by atoms with van der Waals surface area (Å²) < 4.78 is 14.7. The minimum absolute atomic E-state index is 0.0974. The van der Waals surface area contributed by atoms with E-state index >= 15 is 0 Å². The summed E-state index contributed by atoms with van der Waals surface area (Å²) >= 11 is 1.27. The van der Waals surface area contributed by atoms with Crippen molar-refractivity contribution in [2.75, 3.05) is 19.3 Å². The van der Waals surface area contributed by atoms with Gasteiger partial charge in [-0.1, -0.05) is 30.8 Å². The van der Waals surface area contributed by atoms with Crippen LogP contribution >= 0.6 is 11.8 Å². The zero-order valence-corrected chi connectivity index (χ0v) is 15.7. The van der Waals surface area contributed by atoms with Crippen molar-refractivity contribution in [1.29, 1.82) is 5.26 Å². The number of piperidine rings is 1. The zero-order chi connectivity index (χ0) is 18.7. The molecule has 26 heavy (non-hydrogen) atoms. The summed E-state index contributed by atoms with van der Waals surface area (Å²) in [5, 5.41) is 9.67. The summed E-state index contributed by atoms with van der Waals surface area (Å²) in [6.45, 7) is 4.75. The van der Waals surface area contributed by atoms with Crippen molar-refractivity contribution in [2.45, 2.75) is 31.5 Å². The van der Waals surface area contributed by atoms with Gasteiger partial charge in [-0.15, -0.1) is 0 Å². The SMILES string of the molecule is CSc1nc(-c2ccc(CN3CCCC(C)C3)c(F)c2)c(C#N)c(=O)[nH]1. The maximum atomic E-state index is 14.7. The van der Waals surface area contributed by atoms with Crippen molar-refractivity contribution in [3.8, 4) is 17.3 Å². The van der Waals surface area contributed by atoms with Crippen LogP contribution in [0.15, 0.2) is 28.2 Å². The van der Waals surface area contributed by atoms with Gasteiger partial charge < -0.3 is 4.98 Å². The Morgan fingerprint density at radius 2 is 2.31 bits per heavy atom. The van der Waals surface area contributed by atoms with Gasteiger partial charge in [0.1, 0.15) is 17.4 Å². The van der Waals surface area contributed by atoms with E-state index in [0.29, 0.717) is 28.7 Å². The second-order valence-corrected chi connectivity index (χ2v) is 7.49. The number of nitriles is 1. The van der Waals surface area contributed by atoms with Gasteiger partial charge in [0.05, 0.1) is 5.69 Å². The van der Waals surface area contributed by atoms with Crippen LogP contribution in [-0.4, -0.2) is 34.2 Å². The number of likely N-dealkylation sites (tertiary alicyclic amines) is 1. The first-order chi connectivity index (χ1) is 12.5. The van der Waals surface area contributed by atoms with Crippen LogP contribution in [0.2, 0.25) is 0 Å². The first-order valence-corrected chi connectivity index (χ1v) is 9.84. The number of hydrogen-bond acceptors (Lipinski definition) is 5. The Kier molecular flexibility index (Phi) is 5.74. The molecule has 1 aromatic carbocycles. The maximum Gasteiger partial charge on any atom is 0.270 e. The van der Waals surface area contributed by atoms with Gasteiger partial charge in [-0.2, -0.15) is 5.26 Å². The van der Waals surface area contributed by atoms with Crippen molar-refractivity contribution in [3.63, 3.8) is 0 Å². The van der Waals surface area contributed by atoms with Gasteiger partial charge in [-0.05, 0) is 37.6 Å². The van der Waals surface area contributed by atoms with E-state index < -0.39 is 5.56 Å². The predicted molar refractivity (Wildman–Crippen MR) is 100 cm³/mol. The van der Waals surface area contributed by atoms with E-state index in [-0.39, 0.29) is 17.1 Å². The quantitative estimate of drug-likeness (QED) is 0.658. The summed E-state index contributed by atoms with van der Waals surface area (Å²) in [4.78, 5) is 21.1. The molecule has 2 heterocycles. The molecule has 0 amide bonds. The third-order valence-corrected chi connectivity index (χ3v) is 5.24. The third-order valence-electron chi connectivity index (χ3n) is 4.66. The van der Waals surface area contributed by atoms with E-state index in [0.717, 1.165) is 19.5 Å². The molecule has 3 rings (SSSR count).